The van der Waals surface area contributed by atoms with Gasteiger partial charge in [-0.2, -0.15) is 0 Å². The standard InChI is InChI=1S/C23H44O9/c1-3-5-7-25-9-11-27-13-15-29-17-19-31-21-23-32-22-20-30-18-16-28-14-12-26-10-8-24-6-4-2/h2H,3,5-23H2,1H3. The quantitative estimate of drug-likeness (QED) is 0.127. The number of unbranched alkanes of at least 4 members (excludes halogenated alkanes) is 1. The van der Waals surface area contributed by atoms with Gasteiger partial charge in [0.1, 0.15) is 6.61 Å². The van der Waals surface area contributed by atoms with E-state index in [1.165, 1.54) is 0 Å². The van der Waals surface area contributed by atoms with E-state index in [4.69, 9.17) is 49.1 Å². The van der Waals surface area contributed by atoms with Crippen molar-refractivity contribution >= 4 is 0 Å². The van der Waals surface area contributed by atoms with Gasteiger partial charge in [-0.1, -0.05) is 19.3 Å². The Labute approximate surface area is 194 Å². The summed E-state index contributed by atoms with van der Waals surface area (Å²) in [6, 6.07) is 0. The molecule has 9 nitrogen and oxygen atoms in total. The predicted molar refractivity (Wildman–Crippen MR) is 121 cm³/mol. The van der Waals surface area contributed by atoms with Crippen LogP contribution < -0.4 is 0 Å². The van der Waals surface area contributed by atoms with E-state index in [2.05, 4.69) is 12.8 Å². The summed E-state index contributed by atoms with van der Waals surface area (Å²) in [4.78, 5) is 0. The van der Waals surface area contributed by atoms with Crippen molar-refractivity contribution in [2.75, 3.05) is 119 Å². The van der Waals surface area contributed by atoms with Crippen molar-refractivity contribution in [1.82, 2.24) is 0 Å². The lowest BCUT2D eigenvalue weighted by molar-refractivity contribution is -0.0246. The minimum atomic E-state index is 0.315. The lowest BCUT2D eigenvalue weighted by Crippen LogP contribution is -2.15. The molecule has 190 valence electrons. The molecule has 0 saturated carbocycles. The smallest absolute Gasteiger partial charge is 0.107 e. The lowest BCUT2D eigenvalue weighted by atomic mass is 10.4. The summed E-state index contributed by atoms with van der Waals surface area (Å²) in [5, 5.41) is 0. The Hall–Kier alpha value is -0.800. The topological polar surface area (TPSA) is 83.1 Å². The van der Waals surface area contributed by atoms with Crippen molar-refractivity contribution in [3.8, 4) is 12.3 Å². The third-order valence-electron chi connectivity index (χ3n) is 3.80. The van der Waals surface area contributed by atoms with Gasteiger partial charge in [-0.25, -0.2) is 0 Å². The Morgan fingerprint density at radius 2 is 0.656 bits per heavy atom. The summed E-state index contributed by atoms with van der Waals surface area (Å²) in [5.74, 6) is 2.40. The summed E-state index contributed by atoms with van der Waals surface area (Å²) in [7, 11) is 0. The van der Waals surface area contributed by atoms with Crippen LogP contribution in [0.5, 0.6) is 0 Å². The molecule has 0 fully saturated rings. The van der Waals surface area contributed by atoms with Gasteiger partial charge in [0.05, 0.1) is 106 Å². The largest absolute Gasteiger partial charge is 0.379 e. The molecule has 0 radical (unpaired) electrons. The molecule has 0 saturated heterocycles. The second-order valence-corrected chi connectivity index (χ2v) is 6.51. The van der Waals surface area contributed by atoms with E-state index in [0.29, 0.717) is 112 Å². The third kappa shape index (κ3) is 29.2. The molecule has 0 atom stereocenters. The van der Waals surface area contributed by atoms with E-state index in [1.54, 1.807) is 0 Å². The monoisotopic (exact) mass is 464 g/mol. The number of hydrogen-bond acceptors (Lipinski definition) is 9. The maximum atomic E-state index is 5.44. The van der Waals surface area contributed by atoms with Crippen LogP contribution in [0.1, 0.15) is 19.8 Å². The highest BCUT2D eigenvalue weighted by molar-refractivity contribution is 4.82. The van der Waals surface area contributed by atoms with Gasteiger partial charge in [-0.15, -0.1) is 6.42 Å². The summed E-state index contributed by atoms with van der Waals surface area (Å²) >= 11 is 0. The zero-order valence-electron chi connectivity index (χ0n) is 19.9. The molecule has 9 heteroatoms. The van der Waals surface area contributed by atoms with Crippen molar-refractivity contribution < 1.29 is 42.6 Å². The Morgan fingerprint density at radius 1 is 0.406 bits per heavy atom. The molecule has 0 bridgehead atoms. The molecule has 0 spiro atoms. The fourth-order valence-corrected chi connectivity index (χ4v) is 2.14. The van der Waals surface area contributed by atoms with Gasteiger partial charge in [0.25, 0.3) is 0 Å². The van der Waals surface area contributed by atoms with E-state index in [-0.39, 0.29) is 0 Å². The van der Waals surface area contributed by atoms with Crippen molar-refractivity contribution in [2.24, 2.45) is 0 Å². The summed E-state index contributed by atoms with van der Waals surface area (Å²) in [6.07, 6.45) is 7.31. The van der Waals surface area contributed by atoms with Crippen molar-refractivity contribution in [1.29, 1.82) is 0 Å². The van der Waals surface area contributed by atoms with Crippen LogP contribution in [0.15, 0.2) is 0 Å². The average Bonchev–Trinajstić information content (AvgIpc) is 2.81. The fraction of sp³-hybridized carbons (Fsp3) is 0.913. The first-order valence-corrected chi connectivity index (χ1v) is 11.5. The molecule has 32 heavy (non-hydrogen) atoms. The first-order valence-electron chi connectivity index (χ1n) is 11.5. The molecule has 0 aliphatic carbocycles. The fourth-order valence-electron chi connectivity index (χ4n) is 2.14. The Balaban J connectivity index is 2.99. The first kappa shape index (κ1) is 31.2. The highest BCUT2D eigenvalue weighted by Crippen LogP contribution is 1.88. The van der Waals surface area contributed by atoms with Crippen LogP contribution in [0.3, 0.4) is 0 Å². The third-order valence-corrected chi connectivity index (χ3v) is 3.80. The number of ether oxygens (including phenoxy) is 9. The van der Waals surface area contributed by atoms with Crippen LogP contribution >= 0.6 is 0 Å². The van der Waals surface area contributed by atoms with Gasteiger partial charge in [0.15, 0.2) is 0 Å². The van der Waals surface area contributed by atoms with Crippen LogP contribution in [-0.2, 0) is 42.6 Å². The SMILES string of the molecule is C#CCOCCOCCOCCOCCOCCOCCOCCOCCOCCCC. The molecule has 0 heterocycles. The minimum absolute atomic E-state index is 0.315. The zero-order valence-corrected chi connectivity index (χ0v) is 19.9. The average molecular weight is 465 g/mol. The van der Waals surface area contributed by atoms with Crippen molar-refractivity contribution in [3.05, 3.63) is 0 Å². The van der Waals surface area contributed by atoms with Crippen LogP contribution in [-0.4, -0.2) is 119 Å². The summed E-state index contributed by atoms with van der Waals surface area (Å²) in [5.41, 5.74) is 0. The molecule has 0 rings (SSSR count). The number of hydrogen-bond donors (Lipinski definition) is 0. The second-order valence-electron chi connectivity index (χ2n) is 6.51. The summed E-state index contributed by atoms with van der Waals surface area (Å²) in [6.45, 7) is 12.0. The molecule has 0 N–H and O–H groups in total. The van der Waals surface area contributed by atoms with Crippen LogP contribution in [0, 0.1) is 12.3 Å². The maximum Gasteiger partial charge on any atom is 0.107 e. The lowest BCUT2D eigenvalue weighted by Gasteiger charge is -2.08. The second kappa shape index (κ2) is 30.2. The Bertz CT molecular complexity index is 377. The van der Waals surface area contributed by atoms with E-state index < -0.39 is 0 Å². The maximum absolute atomic E-state index is 5.44. The molecule has 0 aliphatic rings. The van der Waals surface area contributed by atoms with Crippen molar-refractivity contribution in [3.63, 3.8) is 0 Å². The van der Waals surface area contributed by atoms with E-state index in [9.17, 15) is 0 Å². The molecule has 0 aromatic heterocycles. The zero-order chi connectivity index (χ0) is 23.2. The van der Waals surface area contributed by atoms with E-state index >= 15 is 0 Å². The molecule has 0 unspecified atom stereocenters. The van der Waals surface area contributed by atoms with E-state index in [0.717, 1.165) is 19.4 Å². The highest BCUT2D eigenvalue weighted by Gasteiger charge is 1.95. The van der Waals surface area contributed by atoms with Gasteiger partial charge in [0, 0.05) is 6.61 Å². The van der Waals surface area contributed by atoms with Crippen LogP contribution in [0.2, 0.25) is 0 Å². The van der Waals surface area contributed by atoms with Gasteiger partial charge in [0.2, 0.25) is 0 Å². The van der Waals surface area contributed by atoms with Crippen molar-refractivity contribution in [2.45, 2.75) is 19.8 Å². The normalized spacial score (nSPS) is 11.1. The van der Waals surface area contributed by atoms with E-state index in [1.807, 2.05) is 0 Å². The molecule has 0 aromatic rings. The first-order chi connectivity index (χ1) is 15.9. The Kier molecular flexibility index (Phi) is 29.4. The minimum Gasteiger partial charge on any atom is -0.379 e. The molecule has 0 aliphatic heterocycles. The number of rotatable bonds is 28. The molecular weight excluding hydrogens is 420 g/mol. The van der Waals surface area contributed by atoms with Crippen LogP contribution in [0.4, 0.5) is 0 Å². The Morgan fingerprint density at radius 3 is 0.906 bits per heavy atom. The van der Waals surface area contributed by atoms with Gasteiger partial charge in [-0.05, 0) is 6.42 Å². The summed E-state index contributed by atoms with van der Waals surface area (Å²) < 4.78 is 48.3. The van der Waals surface area contributed by atoms with Gasteiger partial charge < -0.3 is 42.6 Å². The van der Waals surface area contributed by atoms with Crippen LogP contribution in [0.25, 0.3) is 0 Å². The molecule has 0 aromatic carbocycles. The molecule has 0 amide bonds. The predicted octanol–water partition coefficient (Wildman–Crippen LogP) is 1.57. The van der Waals surface area contributed by atoms with Gasteiger partial charge >= 0.3 is 0 Å². The van der Waals surface area contributed by atoms with Gasteiger partial charge in [-0.3, -0.25) is 0 Å². The number of terminal acetylenes is 1. The molecular formula is C23H44O9. The highest BCUT2D eigenvalue weighted by atomic mass is 16.6.